The van der Waals surface area contributed by atoms with Crippen LogP contribution in [0.15, 0.2) is 162 Å². The molecule has 2 aliphatic carbocycles. The van der Waals surface area contributed by atoms with Gasteiger partial charge in [0.05, 0.1) is 5.70 Å². The highest BCUT2D eigenvalue weighted by molar-refractivity contribution is 6.10. The van der Waals surface area contributed by atoms with Crippen molar-refractivity contribution in [2.45, 2.75) is 65.2 Å². The van der Waals surface area contributed by atoms with Gasteiger partial charge in [0.25, 0.3) is 0 Å². The average Bonchev–Trinajstić information content (AvgIpc) is 3.14. The predicted molar refractivity (Wildman–Crippen MR) is 206 cm³/mol. The lowest BCUT2D eigenvalue weighted by molar-refractivity contribution is 0.624. The third kappa shape index (κ3) is 8.92. The fourth-order valence-corrected chi connectivity index (χ4v) is 6.54. The summed E-state index contributed by atoms with van der Waals surface area (Å²) in [6, 6.07) is 30.4. The van der Waals surface area contributed by atoms with Crippen LogP contribution < -0.4 is 0 Å². The van der Waals surface area contributed by atoms with E-state index < -0.39 is 0 Å². The van der Waals surface area contributed by atoms with E-state index in [4.69, 9.17) is 9.98 Å². The van der Waals surface area contributed by atoms with Crippen LogP contribution in [-0.2, 0) is 0 Å². The first kappa shape index (κ1) is 33.5. The first-order valence-electron chi connectivity index (χ1n) is 17.1. The topological polar surface area (TPSA) is 24.7 Å². The van der Waals surface area contributed by atoms with Crippen molar-refractivity contribution in [1.82, 2.24) is 0 Å². The first-order valence-corrected chi connectivity index (χ1v) is 17.1. The minimum atomic E-state index is 0.324. The predicted octanol–water partition coefficient (Wildman–Crippen LogP) is 12.4. The fraction of sp³-hybridized carbons (Fsp3) is 0.244. The molecule has 0 spiro atoms. The second kappa shape index (κ2) is 17.2. The molecule has 238 valence electrons. The maximum atomic E-state index is 5.21. The van der Waals surface area contributed by atoms with Crippen molar-refractivity contribution in [3.05, 3.63) is 174 Å². The lowest BCUT2D eigenvalue weighted by atomic mass is 9.82. The van der Waals surface area contributed by atoms with Gasteiger partial charge in [-0.3, -0.25) is 0 Å². The van der Waals surface area contributed by atoms with Crippen LogP contribution in [0.25, 0.3) is 16.8 Å². The molecule has 2 aliphatic rings. The molecule has 2 unspecified atom stereocenters. The Morgan fingerprint density at radius 2 is 1.60 bits per heavy atom. The van der Waals surface area contributed by atoms with E-state index in [0.29, 0.717) is 11.8 Å². The van der Waals surface area contributed by atoms with Gasteiger partial charge in [-0.15, -0.1) is 0 Å². The Kier molecular flexibility index (Phi) is 12.3. The molecule has 0 saturated carbocycles. The quantitative estimate of drug-likeness (QED) is 0.0886. The second-order valence-corrected chi connectivity index (χ2v) is 12.3. The van der Waals surface area contributed by atoms with E-state index in [0.717, 1.165) is 66.9 Å². The number of aliphatic imine (C=N–C) groups is 2. The highest BCUT2D eigenvalue weighted by Crippen LogP contribution is 2.37. The van der Waals surface area contributed by atoms with Gasteiger partial charge in [-0.2, -0.15) is 0 Å². The summed E-state index contributed by atoms with van der Waals surface area (Å²) in [5.41, 5.74) is 11.0. The zero-order valence-electron chi connectivity index (χ0n) is 28.3. The Hall–Kier alpha value is -4.82. The Bertz CT molecular complexity index is 1740. The monoisotopic (exact) mass is 616 g/mol. The van der Waals surface area contributed by atoms with E-state index in [1.807, 2.05) is 24.3 Å². The van der Waals surface area contributed by atoms with E-state index >= 15 is 0 Å². The van der Waals surface area contributed by atoms with Crippen LogP contribution in [0.2, 0.25) is 0 Å². The summed E-state index contributed by atoms with van der Waals surface area (Å²) >= 11 is 0. The van der Waals surface area contributed by atoms with Crippen LogP contribution in [0.3, 0.4) is 0 Å². The van der Waals surface area contributed by atoms with Crippen molar-refractivity contribution < 1.29 is 0 Å². The van der Waals surface area contributed by atoms with Gasteiger partial charge in [-0.1, -0.05) is 140 Å². The van der Waals surface area contributed by atoms with Crippen molar-refractivity contribution in [3.8, 4) is 0 Å². The molecular weight excluding hydrogens is 569 g/mol. The van der Waals surface area contributed by atoms with E-state index in [9.17, 15) is 0 Å². The molecule has 2 nitrogen and oxygen atoms in total. The number of hydrogen-bond donors (Lipinski definition) is 0. The SMILES string of the molecule is C=C/C=C(/N=C(N=C(C)C1CC=C(c2ccc(C(C/C=C\C)/C(=C\C)c3ccccc3)cc2)CC1)C1=CCCC=C1)c1ccccc1. The molecule has 3 aromatic rings. The molecule has 3 aromatic carbocycles. The summed E-state index contributed by atoms with van der Waals surface area (Å²) < 4.78 is 0. The maximum absolute atomic E-state index is 5.21. The van der Waals surface area contributed by atoms with Crippen LogP contribution in [0.1, 0.15) is 87.5 Å². The zero-order valence-corrected chi connectivity index (χ0v) is 28.3. The summed E-state index contributed by atoms with van der Waals surface area (Å²) in [5.74, 6) is 1.50. The highest BCUT2D eigenvalue weighted by atomic mass is 14.9. The molecule has 0 heterocycles. The molecule has 2 heteroatoms. The summed E-state index contributed by atoms with van der Waals surface area (Å²) in [6.07, 6.45) is 25.8. The molecule has 5 rings (SSSR count). The molecular formula is C45H48N2. The average molecular weight is 617 g/mol. The minimum absolute atomic E-state index is 0.324. The molecule has 0 aromatic heterocycles. The Balaban J connectivity index is 1.35. The first-order chi connectivity index (χ1) is 23.1. The lowest BCUT2D eigenvalue weighted by Gasteiger charge is -2.24. The van der Waals surface area contributed by atoms with E-state index in [-0.39, 0.29) is 0 Å². The molecule has 47 heavy (non-hydrogen) atoms. The van der Waals surface area contributed by atoms with Gasteiger partial charge in [-0.05, 0) is 93.2 Å². The summed E-state index contributed by atoms with van der Waals surface area (Å²) in [6.45, 7) is 10.4. The van der Waals surface area contributed by atoms with Gasteiger partial charge >= 0.3 is 0 Å². The van der Waals surface area contributed by atoms with Gasteiger partial charge in [0.2, 0.25) is 0 Å². The van der Waals surface area contributed by atoms with Crippen LogP contribution >= 0.6 is 0 Å². The van der Waals surface area contributed by atoms with Gasteiger partial charge in [-0.25, -0.2) is 9.98 Å². The third-order valence-corrected chi connectivity index (χ3v) is 9.19. The molecule has 0 fully saturated rings. The number of amidine groups is 1. The zero-order chi connectivity index (χ0) is 32.8. The smallest absolute Gasteiger partial charge is 0.159 e. The van der Waals surface area contributed by atoms with Gasteiger partial charge in [0.15, 0.2) is 5.84 Å². The summed E-state index contributed by atoms with van der Waals surface area (Å²) in [7, 11) is 0. The van der Waals surface area contributed by atoms with Crippen LogP contribution in [0.5, 0.6) is 0 Å². The minimum Gasteiger partial charge on any atom is -0.238 e. The van der Waals surface area contributed by atoms with Gasteiger partial charge in [0, 0.05) is 28.7 Å². The standard InChI is InChI=1S/C45H48N2/c1-5-8-25-43(42(7-3)38-19-12-9-13-20-38)39-32-30-37(31-33-39)36-28-26-35(27-29-36)34(4)46-45(41-23-16-11-17-24-41)47-44(18-6-2)40-21-14-10-15-22-40/h5-10,12-16,18-24,28,30-33,35,43H,2,11,17,25-27,29H2,1,3-4H3/b8-5-,42-7-,44-18+,46-34?,47-45?. The van der Waals surface area contributed by atoms with Crippen molar-refractivity contribution in [3.63, 3.8) is 0 Å². The van der Waals surface area contributed by atoms with Crippen LogP contribution in [0.4, 0.5) is 0 Å². The van der Waals surface area contributed by atoms with Gasteiger partial charge in [0.1, 0.15) is 0 Å². The molecule has 0 saturated heterocycles. The Morgan fingerprint density at radius 3 is 2.19 bits per heavy atom. The molecule has 0 aliphatic heterocycles. The van der Waals surface area contributed by atoms with Crippen molar-refractivity contribution >= 4 is 28.4 Å². The van der Waals surface area contributed by atoms with Crippen molar-refractivity contribution in [1.29, 1.82) is 0 Å². The number of allylic oxidation sites excluding steroid dienone is 10. The Morgan fingerprint density at radius 1 is 0.872 bits per heavy atom. The molecule has 0 bridgehead atoms. The largest absolute Gasteiger partial charge is 0.238 e. The number of rotatable bonds is 11. The van der Waals surface area contributed by atoms with E-state index in [1.54, 1.807) is 6.08 Å². The number of benzene rings is 3. The molecule has 0 amide bonds. The van der Waals surface area contributed by atoms with E-state index in [2.05, 4.69) is 137 Å². The van der Waals surface area contributed by atoms with Crippen LogP contribution in [-0.4, -0.2) is 11.5 Å². The lowest BCUT2D eigenvalue weighted by Crippen LogP contribution is -2.16. The second-order valence-electron chi connectivity index (χ2n) is 12.3. The summed E-state index contributed by atoms with van der Waals surface area (Å²) in [5, 5.41) is 0. The maximum Gasteiger partial charge on any atom is 0.159 e. The van der Waals surface area contributed by atoms with Crippen molar-refractivity contribution in [2.24, 2.45) is 15.9 Å². The normalized spacial score (nSPS) is 18.6. The fourth-order valence-electron chi connectivity index (χ4n) is 6.54. The highest BCUT2D eigenvalue weighted by Gasteiger charge is 2.21. The molecule has 2 atom stereocenters. The summed E-state index contributed by atoms with van der Waals surface area (Å²) in [4.78, 5) is 10.3. The van der Waals surface area contributed by atoms with Crippen molar-refractivity contribution in [2.75, 3.05) is 0 Å². The molecule has 0 N–H and O–H groups in total. The van der Waals surface area contributed by atoms with Gasteiger partial charge < -0.3 is 0 Å². The third-order valence-electron chi connectivity index (χ3n) is 9.19. The number of nitrogens with zero attached hydrogens (tertiary/aromatic N) is 2. The van der Waals surface area contributed by atoms with Crippen LogP contribution in [0, 0.1) is 5.92 Å². The molecule has 0 radical (unpaired) electrons. The number of hydrogen-bond acceptors (Lipinski definition) is 1. The Labute approximate surface area is 282 Å². The van der Waals surface area contributed by atoms with E-state index in [1.165, 1.54) is 27.8 Å².